The van der Waals surface area contributed by atoms with E-state index >= 15 is 0 Å². The summed E-state index contributed by atoms with van der Waals surface area (Å²) in [4.78, 5) is 11.1. The number of aryl methyl sites for hydroxylation is 2. The number of pyridine rings is 2. The monoisotopic (exact) mass is 453 g/mol. The highest BCUT2D eigenvalue weighted by atomic mass is 32.1. The van der Waals surface area contributed by atoms with Crippen molar-refractivity contribution in [3.8, 4) is 5.69 Å². The third-order valence-corrected chi connectivity index (χ3v) is 6.70. The molecule has 3 aromatic heterocycles. The number of nitrogens with zero attached hydrogens (tertiary/aromatic N) is 4. The molecule has 1 saturated heterocycles. The predicted octanol–water partition coefficient (Wildman–Crippen LogP) is 5.37. The van der Waals surface area contributed by atoms with Crippen molar-refractivity contribution in [3.63, 3.8) is 0 Å². The molecule has 0 radical (unpaired) electrons. The second-order valence-corrected chi connectivity index (χ2v) is 9.00. The van der Waals surface area contributed by atoms with Crippen molar-refractivity contribution >= 4 is 17.3 Å². The Bertz CT molecular complexity index is 1280. The van der Waals surface area contributed by atoms with Gasteiger partial charge in [0.1, 0.15) is 0 Å². The van der Waals surface area contributed by atoms with Crippen molar-refractivity contribution in [2.75, 3.05) is 0 Å². The van der Waals surface area contributed by atoms with Crippen molar-refractivity contribution in [2.24, 2.45) is 0 Å². The van der Waals surface area contributed by atoms with E-state index in [-0.39, 0.29) is 12.1 Å². The number of nitrogens with one attached hydrogen (secondary N) is 1. The fourth-order valence-electron chi connectivity index (χ4n) is 4.85. The van der Waals surface area contributed by atoms with Gasteiger partial charge in [0.25, 0.3) is 0 Å². The summed E-state index contributed by atoms with van der Waals surface area (Å²) in [5.41, 5.74) is 8.27. The molecule has 1 aliphatic rings. The molecule has 0 aliphatic carbocycles. The maximum Gasteiger partial charge on any atom is 0.170 e. The summed E-state index contributed by atoms with van der Waals surface area (Å²) in [7, 11) is 0. The third-order valence-electron chi connectivity index (χ3n) is 6.35. The smallest absolute Gasteiger partial charge is 0.170 e. The largest absolute Gasteiger partial charge is 0.352 e. The average molecular weight is 454 g/mol. The van der Waals surface area contributed by atoms with Crippen LogP contribution in [0.5, 0.6) is 0 Å². The molecule has 5 nitrogen and oxygen atoms in total. The molecule has 4 aromatic rings. The number of aromatic nitrogens is 3. The Hall–Kier alpha value is -3.51. The zero-order chi connectivity index (χ0) is 22.9. The van der Waals surface area contributed by atoms with Crippen LogP contribution in [0.25, 0.3) is 5.69 Å². The normalized spacial score (nSPS) is 17.9. The van der Waals surface area contributed by atoms with Crippen LogP contribution in [0.4, 0.5) is 0 Å². The van der Waals surface area contributed by atoms with Crippen LogP contribution in [-0.4, -0.2) is 24.5 Å². The Kier molecular flexibility index (Phi) is 5.68. The number of hydrogen-bond acceptors (Lipinski definition) is 3. The van der Waals surface area contributed by atoms with E-state index in [1.807, 2.05) is 42.9 Å². The highest BCUT2D eigenvalue weighted by molar-refractivity contribution is 7.80. The lowest BCUT2D eigenvalue weighted by atomic mass is 9.96. The Balaban J connectivity index is 1.62. The van der Waals surface area contributed by atoms with Gasteiger partial charge in [0.05, 0.1) is 17.8 Å². The van der Waals surface area contributed by atoms with Gasteiger partial charge in [0.15, 0.2) is 5.11 Å². The Morgan fingerprint density at radius 2 is 1.76 bits per heavy atom. The number of thiocarbonyl (C=S) groups is 1. The van der Waals surface area contributed by atoms with Crippen molar-refractivity contribution in [1.29, 1.82) is 0 Å². The summed E-state index contributed by atoms with van der Waals surface area (Å²) in [6.45, 7) is 7.20. The van der Waals surface area contributed by atoms with Gasteiger partial charge in [-0.1, -0.05) is 18.2 Å². The molecule has 1 fully saturated rings. The maximum atomic E-state index is 5.85. The molecule has 0 unspecified atom stereocenters. The second-order valence-electron chi connectivity index (χ2n) is 8.61. The first-order valence-electron chi connectivity index (χ1n) is 11.2. The van der Waals surface area contributed by atoms with Crippen molar-refractivity contribution in [3.05, 3.63) is 113 Å². The Morgan fingerprint density at radius 3 is 2.48 bits per heavy atom. The van der Waals surface area contributed by atoms with Crippen LogP contribution in [0, 0.1) is 20.8 Å². The third kappa shape index (κ3) is 4.02. The first-order chi connectivity index (χ1) is 16.0. The quantitative estimate of drug-likeness (QED) is 0.412. The topological polar surface area (TPSA) is 46.0 Å². The second kappa shape index (κ2) is 8.79. The van der Waals surface area contributed by atoms with E-state index < -0.39 is 0 Å². The Morgan fingerprint density at radius 1 is 0.939 bits per heavy atom. The van der Waals surface area contributed by atoms with Gasteiger partial charge in [-0.2, -0.15) is 0 Å². The van der Waals surface area contributed by atoms with Gasteiger partial charge in [0, 0.05) is 42.2 Å². The average Bonchev–Trinajstić information content (AvgIpc) is 3.30. The molecule has 1 aliphatic heterocycles. The SMILES string of the molecule is Cc1cccc(-n2c(C)cc([C@@H]3[C@@H](c4ccccn4)NC(=S)N3Cc3ccncc3)c2C)c1. The summed E-state index contributed by atoms with van der Waals surface area (Å²) >= 11 is 5.85. The van der Waals surface area contributed by atoms with Crippen molar-refractivity contribution < 1.29 is 0 Å². The number of hydrogen-bond donors (Lipinski definition) is 1. The zero-order valence-corrected chi connectivity index (χ0v) is 19.9. The lowest BCUT2D eigenvalue weighted by Gasteiger charge is -2.28. The molecule has 0 saturated carbocycles. The van der Waals surface area contributed by atoms with Gasteiger partial charge >= 0.3 is 0 Å². The van der Waals surface area contributed by atoms with Gasteiger partial charge in [-0.15, -0.1) is 0 Å². The van der Waals surface area contributed by atoms with E-state index in [9.17, 15) is 0 Å². The van der Waals surface area contributed by atoms with E-state index in [4.69, 9.17) is 12.2 Å². The van der Waals surface area contributed by atoms with Crippen molar-refractivity contribution in [1.82, 2.24) is 24.8 Å². The predicted molar refractivity (Wildman–Crippen MR) is 135 cm³/mol. The molecule has 6 heteroatoms. The molecular formula is C27H27N5S. The molecule has 4 heterocycles. The summed E-state index contributed by atoms with van der Waals surface area (Å²) in [6.07, 6.45) is 5.51. The van der Waals surface area contributed by atoms with Gasteiger partial charge in [-0.05, 0) is 92.1 Å². The minimum atomic E-state index is -0.0352. The molecule has 1 N–H and O–H groups in total. The molecular weight excluding hydrogens is 426 g/mol. The number of benzene rings is 1. The lowest BCUT2D eigenvalue weighted by Crippen LogP contribution is -2.29. The minimum Gasteiger partial charge on any atom is -0.352 e. The molecule has 2 atom stereocenters. The molecule has 1 aromatic carbocycles. The van der Waals surface area contributed by atoms with Crippen LogP contribution >= 0.6 is 12.2 Å². The first-order valence-corrected chi connectivity index (χ1v) is 11.6. The molecule has 0 bridgehead atoms. The van der Waals surface area contributed by atoms with Gasteiger partial charge < -0.3 is 14.8 Å². The fraction of sp³-hybridized carbons (Fsp3) is 0.222. The minimum absolute atomic E-state index is 0.0188. The summed E-state index contributed by atoms with van der Waals surface area (Å²) in [5, 5.41) is 4.31. The van der Waals surface area contributed by atoms with Gasteiger partial charge in [0.2, 0.25) is 0 Å². The highest BCUT2D eigenvalue weighted by Gasteiger charge is 2.41. The standard InChI is InChI=1S/C27H27N5S/c1-18-7-6-8-22(15-18)32-19(2)16-23(20(32)3)26-25(24-9-4-5-12-29-24)30-27(33)31(26)17-21-10-13-28-14-11-21/h4-16,25-26H,17H2,1-3H3,(H,30,33)/t25-,26-/m1/s1. The summed E-state index contributed by atoms with van der Waals surface area (Å²) in [6, 6.07) is 21.1. The van der Waals surface area contributed by atoms with Crippen LogP contribution < -0.4 is 5.32 Å². The van der Waals surface area contributed by atoms with Crippen LogP contribution in [-0.2, 0) is 6.54 Å². The molecule has 5 rings (SSSR count). The van der Waals surface area contributed by atoms with Crippen LogP contribution in [0.3, 0.4) is 0 Å². The lowest BCUT2D eigenvalue weighted by molar-refractivity contribution is 0.310. The van der Waals surface area contributed by atoms with Crippen LogP contribution in [0.1, 0.15) is 45.9 Å². The molecule has 166 valence electrons. The van der Waals surface area contributed by atoms with E-state index in [0.29, 0.717) is 6.54 Å². The first kappa shape index (κ1) is 21.3. The van der Waals surface area contributed by atoms with Gasteiger partial charge in [-0.25, -0.2) is 0 Å². The fourth-order valence-corrected chi connectivity index (χ4v) is 5.16. The van der Waals surface area contributed by atoms with Crippen LogP contribution in [0.2, 0.25) is 0 Å². The van der Waals surface area contributed by atoms with Gasteiger partial charge in [-0.3, -0.25) is 9.97 Å². The van der Waals surface area contributed by atoms with E-state index in [1.165, 1.54) is 33.8 Å². The number of rotatable bonds is 5. The highest BCUT2D eigenvalue weighted by Crippen LogP contribution is 2.42. The van der Waals surface area contributed by atoms with Crippen molar-refractivity contribution in [2.45, 2.75) is 39.4 Å². The van der Waals surface area contributed by atoms with E-state index in [2.05, 4.69) is 81.9 Å². The summed E-state index contributed by atoms with van der Waals surface area (Å²) < 4.78 is 2.34. The molecule has 0 amide bonds. The van der Waals surface area contributed by atoms with Crippen LogP contribution in [0.15, 0.2) is 79.3 Å². The van der Waals surface area contributed by atoms with E-state index in [1.54, 1.807) is 0 Å². The molecule has 0 spiro atoms. The molecule has 33 heavy (non-hydrogen) atoms. The summed E-state index contributed by atoms with van der Waals surface area (Å²) in [5.74, 6) is 0. The van der Waals surface area contributed by atoms with E-state index in [0.717, 1.165) is 10.8 Å². The zero-order valence-electron chi connectivity index (χ0n) is 19.1. The maximum absolute atomic E-state index is 5.85. The Labute approximate surface area is 200 Å².